The summed E-state index contributed by atoms with van der Waals surface area (Å²) in [5, 5.41) is 13.6. The number of aromatic nitrogens is 4. The quantitative estimate of drug-likeness (QED) is 0.734. The molecule has 0 radical (unpaired) electrons. The second kappa shape index (κ2) is 9.06. The molecule has 3 aliphatic rings. The first-order valence-electron chi connectivity index (χ1n) is 10.4. The summed E-state index contributed by atoms with van der Waals surface area (Å²) in [6, 6.07) is 2.15. The predicted octanol–water partition coefficient (Wildman–Crippen LogP) is 1.28. The van der Waals surface area contributed by atoms with Crippen molar-refractivity contribution in [3.8, 4) is 17.1 Å². The molecule has 9 heteroatoms. The topological polar surface area (TPSA) is 112 Å². The van der Waals surface area contributed by atoms with Crippen LogP contribution < -0.4 is 10.5 Å². The number of nitrogens with two attached hydrogens (primary N) is 1. The molecule has 0 aromatic carbocycles. The molecule has 2 aromatic heterocycles. The number of nitrogens with zero attached hydrogens (tertiary/aromatic N) is 5. The fourth-order valence-corrected chi connectivity index (χ4v) is 3.94. The van der Waals surface area contributed by atoms with Crippen molar-refractivity contribution in [3.05, 3.63) is 18.0 Å². The number of fused-ring (bicyclic) bond motifs is 3. The number of anilines is 1. The highest BCUT2D eigenvalue weighted by atomic mass is 16.5. The van der Waals surface area contributed by atoms with E-state index in [0.29, 0.717) is 24.9 Å². The van der Waals surface area contributed by atoms with Gasteiger partial charge in [0.05, 0.1) is 36.8 Å². The monoisotopic (exact) mass is 402 g/mol. The van der Waals surface area contributed by atoms with Crippen molar-refractivity contribution < 1.29 is 14.6 Å². The second-order valence-corrected chi connectivity index (χ2v) is 7.92. The van der Waals surface area contributed by atoms with Gasteiger partial charge in [-0.25, -0.2) is 9.97 Å². The fourth-order valence-electron chi connectivity index (χ4n) is 3.94. The minimum Gasteiger partial charge on any atom is -0.488 e. The van der Waals surface area contributed by atoms with Crippen molar-refractivity contribution in [3.63, 3.8) is 0 Å². The second-order valence-electron chi connectivity index (χ2n) is 7.92. The van der Waals surface area contributed by atoms with Crippen LogP contribution in [0.25, 0.3) is 11.4 Å². The third-order valence-corrected chi connectivity index (χ3v) is 5.65. The van der Waals surface area contributed by atoms with Gasteiger partial charge in [0.15, 0.2) is 5.75 Å². The van der Waals surface area contributed by atoms with Crippen molar-refractivity contribution in [2.45, 2.75) is 44.2 Å². The Morgan fingerprint density at radius 2 is 2.00 bits per heavy atom. The molecule has 0 saturated carbocycles. The first-order chi connectivity index (χ1) is 14.1. The highest BCUT2D eigenvalue weighted by molar-refractivity contribution is 5.64. The Bertz CT molecular complexity index is 813. The lowest BCUT2D eigenvalue weighted by Crippen LogP contribution is -2.29. The zero-order valence-electron chi connectivity index (χ0n) is 17.0. The van der Waals surface area contributed by atoms with Crippen LogP contribution in [-0.2, 0) is 11.3 Å². The van der Waals surface area contributed by atoms with Crippen LogP contribution in [0.3, 0.4) is 0 Å². The highest BCUT2D eigenvalue weighted by Crippen LogP contribution is 2.34. The Morgan fingerprint density at radius 1 is 1.17 bits per heavy atom. The average Bonchev–Trinajstić information content (AvgIpc) is 3.07. The maximum Gasteiger partial charge on any atom is 0.220 e. The van der Waals surface area contributed by atoms with Gasteiger partial charge in [0.1, 0.15) is 12.3 Å². The number of piperidine rings is 1. The van der Waals surface area contributed by atoms with Gasteiger partial charge in [0.2, 0.25) is 5.95 Å². The number of likely N-dealkylation sites (tertiary alicyclic amines) is 1. The van der Waals surface area contributed by atoms with Gasteiger partial charge < -0.3 is 25.2 Å². The molecule has 0 amide bonds. The Kier molecular flexibility index (Phi) is 6.27. The lowest BCUT2D eigenvalue weighted by atomic mass is 9.93. The van der Waals surface area contributed by atoms with Gasteiger partial charge in [0, 0.05) is 12.5 Å². The first-order valence-corrected chi connectivity index (χ1v) is 10.4. The Labute approximate surface area is 170 Å². The Hall–Kier alpha value is -2.23. The average molecular weight is 402 g/mol. The van der Waals surface area contributed by atoms with Crippen LogP contribution in [0.2, 0.25) is 0 Å². The van der Waals surface area contributed by atoms with E-state index in [0.717, 1.165) is 69.0 Å². The van der Waals surface area contributed by atoms with Gasteiger partial charge in [-0.3, -0.25) is 4.68 Å². The summed E-state index contributed by atoms with van der Waals surface area (Å²) in [6.07, 6.45) is 5.70. The highest BCUT2D eigenvalue weighted by Gasteiger charge is 2.25. The number of aliphatic hydroxyl groups excluding tert-OH is 1. The zero-order chi connectivity index (χ0) is 20.2. The van der Waals surface area contributed by atoms with Gasteiger partial charge in [0.25, 0.3) is 0 Å². The maximum absolute atomic E-state index is 8.78. The maximum atomic E-state index is 8.78. The molecule has 5 heterocycles. The van der Waals surface area contributed by atoms with Gasteiger partial charge in [-0.1, -0.05) is 0 Å². The molecule has 2 fully saturated rings. The van der Waals surface area contributed by atoms with E-state index in [1.165, 1.54) is 0 Å². The molecule has 3 N–H and O–H groups in total. The van der Waals surface area contributed by atoms with Gasteiger partial charge in [-0.2, -0.15) is 5.10 Å². The standard InChI is InChI=1S/C15H20N6O.C5H10O2/c1-20-4-2-10(3-5-20)11-8-12-14-13(9-17-15(16)18-14)22-7-6-21(12)19-11;6-5-2-1-3-7-4-5/h8-10H,2-7H2,1H3,(H2,16,17,18);5-6H,1-4H2. The van der Waals surface area contributed by atoms with E-state index in [4.69, 9.17) is 25.4 Å². The normalized spacial score (nSPS) is 22.5. The van der Waals surface area contributed by atoms with Crippen molar-refractivity contribution >= 4 is 5.95 Å². The van der Waals surface area contributed by atoms with E-state index in [9.17, 15) is 0 Å². The molecule has 0 bridgehead atoms. The van der Waals surface area contributed by atoms with E-state index in [-0.39, 0.29) is 12.1 Å². The number of nitrogen functional groups attached to an aromatic ring is 1. The van der Waals surface area contributed by atoms with Crippen LogP contribution >= 0.6 is 0 Å². The summed E-state index contributed by atoms with van der Waals surface area (Å²) in [4.78, 5) is 10.7. The van der Waals surface area contributed by atoms with E-state index in [1.807, 2.05) is 4.68 Å². The van der Waals surface area contributed by atoms with Crippen LogP contribution in [0.1, 0.15) is 37.3 Å². The molecule has 0 spiro atoms. The van der Waals surface area contributed by atoms with Crippen molar-refractivity contribution in [1.29, 1.82) is 0 Å². The van der Waals surface area contributed by atoms with Crippen molar-refractivity contribution in [2.24, 2.45) is 0 Å². The molecule has 0 aliphatic carbocycles. The molecule has 158 valence electrons. The smallest absolute Gasteiger partial charge is 0.220 e. The van der Waals surface area contributed by atoms with Gasteiger partial charge in [-0.15, -0.1) is 0 Å². The number of hydrogen-bond acceptors (Lipinski definition) is 8. The molecule has 1 atom stereocenters. The van der Waals surface area contributed by atoms with Gasteiger partial charge >= 0.3 is 0 Å². The largest absolute Gasteiger partial charge is 0.488 e. The molecule has 2 saturated heterocycles. The predicted molar refractivity (Wildman–Crippen MR) is 109 cm³/mol. The van der Waals surface area contributed by atoms with E-state index < -0.39 is 0 Å². The number of aliphatic hydroxyl groups is 1. The lowest BCUT2D eigenvalue weighted by molar-refractivity contribution is -0.00535. The molecule has 1 unspecified atom stereocenters. The summed E-state index contributed by atoms with van der Waals surface area (Å²) >= 11 is 0. The molecular formula is C20H30N6O3. The first kappa shape index (κ1) is 20.1. The molecule has 9 nitrogen and oxygen atoms in total. The van der Waals surface area contributed by atoms with Crippen LogP contribution in [0.5, 0.6) is 5.75 Å². The minimum atomic E-state index is -0.186. The number of hydrogen-bond donors (Lipinski definition) is 2. The molecule has 3 aliphatic heterocycles. The summed E-state index contributed by atoms with van der Waals surface area (Å²) in [7, 11) is 2.17. The van der Waals surface area contributed by atoms with E-state index in [1.54, 1.807) is 6.20 Å². The lowest BCUT2D eigenvalue weighted by Gasteiger charge is -2.27. The summed E-state index contributed by atoms with van der Waals surface area (Å²) in [5.41, 5.74) is 8.63. The molecule has 2 aromatic rings. The zero-order valence-corrected chi connectivity index (χ0v) is 17.0. The minimum absolute atomic E-state index is 0.186. The van der Waals surface area contributed by atoms with Crippen LogP contribution in [0, 0.1) is 0 Å². The summed E-state index contributed by atoms with van der Waals surface area (Å²) in [5.74, 6) is 1.47. The number of ether oxygens (including phenoxy) is 2. The van der Waals surface area contributed by atoms with Crippen LogP contribution in [-0.4, -0.2) is 75.8 Å². The van der Waals surface area contributed by atoms with Crippen LogP contribution in [0.15, 0.2) is 12.3 Å². The Balaban J connectivity index is 0.000000249. The number of rotatable bonds is 1. The summed E-state index contributed by atoms with van der Waals surface area (Å²) in [6.45, 7) is 4.92. The Morgan fingerprint density at radius 3 is 2.69 bits per heavy atom. The van der Waals surface area contributed by atoms with Gasteiger partial charge in [-0.05, 0) is 51.9 Å². The van der Waals surface area contributed by atoms with Crippen molar-refractivity contribution in [1.82, 2.24) is 24.6 Å². The van der Waals surface area contributed by atoms with Crippen molar-refractivity contribution in [2.75, 3.05) is 45.7 Å². The third-order valence-electron chi connectivity index (χ3n) is 5.65. The summed E-state index contributed by atoms with van der Waals surface area (Å²) < 4.78 is 12.6. The molecule has 5 rings (SSSR count). The van der Waals surface area contributed by atoms with E-state index >= 15 is 0 Å². The fraction of sp³-hybridized carbons (Fsp3) is 0.650. The van der Waals surface area contributed by atoms with Crippen LogP contribution in [0.4, 0.5) is 5.95 Å². The SMILES string of the molecule is CN1CCC(c2cc3n(n2)CCOc2cnc(N)nc2-3)CC1.OC1CCCOC1. The van der Waals surface area contributed by atoms with E-state index in [2.05, 4.69) is 28.0 Å². The third kappa shape index (κ3) is 4.85. The molecular weight excluding hydrogens is 372 g/mol. The molecule has 29 heavy (non-hydrogen) atoms.